The minimum absolute atomic E-state index is 0.0548. The van der Waals surface area contributed by atoms with Crippen molar-refractivity contribution in [1.82, 2.24) is 4.72 Å². The fourth-order valence-electron chi connectivity index (χ4n) is 2.15. The van der Waals surface area contributed by atoms with Crippen LogP contribution in [0.25, 0.3) is 0 Å². The van der Waals surface area contributed by atoms with Crippen LogP contribution in [-0.2, 0) is 14.8 Å². The van der Waals surface area contributed by atoms with Crippen molar-refractivity contribution in [3.63, 3.8) is 0 Å². The number of sulfonamides is 1. The average Bonchev–Trinajstić information content (AvgIpc) is 2.44. The number of rotatable bonds is 5. The summed E-state index contributed by atoms with van der Waals surface area (Å²) in [6, 6.07) is 11.7. The summed E-state index contributed by atoms with van der Waals surface area (Å²) in [6.45, 7) is 3.46. The number of hydrogen-bond donors (Lipinski definition) is 2. The summed E-state index contributed by atoms with van der Waals surface area (Å²) in [5.41, 5.74) is 2.65. The molecule has 0 aliphatic carbocycles. The highest BCUT2D eigenvalue weighted by Crippen LogP contribution is 2.20. The molecule has 0 aromatic heterocycles. The quantitative estimate of drug-likeness (QED) is 0.868. The van der Waals surface area contributed by atoms with Gasteiger partial charge in [0.2, 0.25) is 15.9 Å². The number of hydrogen-bond acceptors (Lipinski definition) is 3. The SMILES string of the molecule is Cc1cc(C)cc(NC(=O)CNS(=O)(=O)c2ccccc2Cl)c1. The number of carbonyl (C=O) groups excluding carboxylic acids is 1. The molecule has 0 aliphatic heterocycles. The highest BCUT2D eigenvalue weighted by molar-refractivity contribution is 7.89. The van der Waals surface area contributed by atoms with E-state index < -0.39 is 15.9 Å². The van der Waals surface area contributed by atoms with Gasteiger partial charge in [-0.1, -0.05) is 29.8 Å². The molecule has 2 aromatic carbocycles. The minimum atomic E-state index is -3.84. The molecule has 7 heteroatoms. The molecule has 0 aliphatic rings. The minimum Gasteiger partial charge on any atom is -0.325 e. The van der Waals surface area contributed by atoms with Crippen molar-refractivity contribution in [2.45, 2.75) is 18.7 Å². The van der Waals surface area contributed by atoms with E-state index >= 15 is 0 Å². The molecular formula is C16H17ClN2O3S. The summed E-state index contributed by atoms with van der Waals surface area (Å²) < 4.78 is 26.5. The zero-order valence-electron chi connectivity index (χ0n) is 12.8. The molecule has 0 fully saturated rings. The third kappa shape index (κ3) is 4.79. The zero-order valence-corrected chi connectivity index (χ0v) is 14.3. The van der Waals surface area contributed by atoms with Gasteiger partial charge in [-0.15, -0.1) is 0 Å². The molecular weight excluding hydrogens is 336 g/mol. The van der Waals surface area contributed by atoms with E-state index in [4.69, 9.17) is 11.6 Å². The molecule has 0 heterocycles. The maximum absolute atomic E-state index is 12.1. The molecule has 0 unspecified atom stereocenters. The Hall–Kier alpha value is -1.89. The summed E-state index contributed by atoms with van der Waals surface area (Å²) in [6.07, 6.45) is 0. The van der Waals surface area contributed by atoms with Crippen LogP contribution < -0.4 is 10.0 Å². The van der Waals surface area contributed by atoms with E-state index in [1.165, 1.54) is 12.1 Å². The molecule has 2 rings (SSSR count). The van der Waals surface area contributed by atoms with Gasteiger partial charge in [0.1, 0.15) is 4.90 Å². The van der Waals surface area contributed by atoms with Gasteiger partial charge < -0.3 is 5.32 Å². The van der Waals surface area contributed by atoms with Gasteiger partial charge in [-0.3, -0.25) is 4.79 Å². The molecule has 0 spiro atoms. The first-order chi connectivity index (χ1) is 10.8. The second-order valence-corrected chi connectivity index (χ2v) is 7.32. The van der Waals surface area contributed by atoms with Gasteiger partial charge in [0.05, 0.1) is 11.6 Å². The predicted octanol–water partition coefficient (Wildman–Crippen LogP) is 2.87. The third-order valence-corrected chi connectivity index (χ3v) is 4.96. The molecule has 2 aromatic rings. The molecule has 23 heavy (non-hydrogen) atoms. The van der Waals surface area contributed by atoms with Crippen molar-refractivity contribution < 1.29 is 13.2 Å². The zero-order chi connectivity index (χ0) is 17.0. The lowest BCUT2D eigenvalue weighted by molar-refractivity contribution is -0.115. The lowest BCUT2D eigenvalue weighted by Crippen LogP contribution is -2.33. The van der Waals surface area contributed by atoms with Crippen molar-refractivity contribution in [1.29, 1.82) is 0 Å². The second kappa shape index (κ2) is 7.12. The van der Waals surface area contributed by atoms with Crippen molar-refractivity contribution in [3.8, 4) is 0 Å². The van der Waals surface area contributed by atoms with Gasteiger partial charge in [-0.25, -0.2) is 13.1 Å². The van der Waals surface area contributed by atoms with E-state index in [2.05, 4.69) is 10.0 Å². The predicted molar refractivity (Wildman–Crippen MR) is 91.2 cm³/mol. The van der Waals surface area contributed by atoms with E-state index in [0.717, 1.165) is 11.1 Å². The van der Waals surface area contributed by atoms with E-state index in [0.29, 0.717) is 5.69 Å². The number of aryl methyl sites for hydroxylation is 2. The van der Waals surface area contributed by atoms with E-state index in [1.54, 1.807) is 12.1 Å². The Labute approximate surface area is 140 Å². The highest BCUT2D eigenvalue weighted by Gasteiger charge is 2.18. The van der Waals surface area contributed by atoms with Gasteiger partial charge in [-0.05, 0) is 49.2 Å². The van der Waals surface area contributed by atoms with Crippen LogP contribution in [-0.4, -0.2) is 20.9 Å². The third-order valence-electron chi connectivity index (χ3n) is 3.05. The van der Waals surface area contributed by atoms with Crippen LogP contribution in [0.15, 0.2) is 47.4 Å². The molecule has 0 radical (unpaired) electrons. The maximum Gasteiger partial charge on any atom is 0.242 e. The fourth-order valence-corrected chi connectivity index (χ4v) is 3.65. The molecule has 0 bridgehead atoms. The monoisotopic (exact) mass is 352 g/mol. The van der Waals surface area contributed by atoms with Gasteiger partial charge in [0, 0.05) is 5.69 Å². The standard InChI is InChI=1S/C16H17ClN2O3S/c1-11-7-12(2)9-13(8-11)19-16(20)10-18-23(21,22)15-6-4-3-5-14(15)17/h3-9,18H,10H2,1-2H3,(H,19,20). The number of carbonyl (C=O) groups is 1. The normalized spacial score (nSPS) is 11.3. The Morgan fingerprint density at radius 3 is 2.30 bits per heavy atom. The van der Waals surface area contributed by atoms with Crippen LogP contribution in [0.2, 0.25) is 5.02 Å². The Morgan fingerprint density at radius 2 is 1.70 bits per heavy atom. The first kappa shape index (κ1) is 17.5. The molecule has 2 N–H and O–H groups in total. The van der Waals surface area contributed by atoms with Gasteiger partial charge in [0.25, 0.3) is 0 Å². The van der Waals surface area contributed by atoms with Crippen LogP contribution in [0, 0.1) is 13.8 Å². The van der Waals surface area contributed by atoms with Gasteiger partial charge in [-0.2, -0.15) is 0 Å². The Bertz CT molecular complexity index is 815. The van der Waals surface area contributed by atoms with Crippen molar-refractivity contribution in [3.05, 3.63) is 58.6 Å². The topological polar surface area (TPSA) is 75.3 Å². The van der Waals surface area contributed by atoms with Crippen LogP contribution >= 0.6 is 11.6 Å². The first-order valence-electron chi connectivity index (χ1n) is 6.90. The summed E-state index contributed by atoms with van der Waals surface area (Å²) in [4.78, 5) is 11.9. The lowest BCUT2D eigenvalue weighted by atomic mass is 10.1. The molecule has 0 saturated heterocycles. The molecule has 5 nitrogen and oxygen atoms in total. The number of amides is 1. The Kier molecular flexibility index (Phi) is 5.41. The molecule has 0 atom stereocenters. The summed E-state index contributed by atoms with van der Waals surface area (Å²) in [7, 11) is -3.84. The second-order valence-electron chi connectivity index (χ2n) is 5.18. The van der Waals surface area contributed by atoms with Gasteiger partial charge >= 0.3 is 0 Å². The first-order valence-corrected chi connectivity index (χ1v) is 8.76. The van der Waals surface area contributed by atoms with Crippen molar-refractivity contribution in [2.75, 3.05) is 11.9 Å². The highest BCUT2D eigenvalue weighted by atomic mass is 35.5. The number of anilines is 1. The van der Waals surface area contributed by atoms with Crippen molar-refractivity contribution in [2.24, 2.45) is 0 Å². The summed E-state index contributed by atoms with van der Waals surface area (Å²) in [5.74, 6) is -0.453. The summed E-state index contributed by atoms with van der Waals surface area (Å²) >= 11 is 5.87. The number of nitrogens with one attached hydrogen (secondary N) is 2. The smallest absolute Gasteiger partial charge is 0.242 e. The lowest BCUT2D eigenvalue weighted by Gasteiger charge is -2.10. The largest absolute Gasteiger partial charge is 0.325 e. The van der Waals surface area contributed by atoms with Crippen LogP contribution in [0.5, 0.6) is 0 Å². The summed E-state index contributed by atoms with van der Waals surface area (Å²) in [5, 5.41) is 2.77. The number of halogens is 1. The Balaban J connectivity index is 2.03. The van der Waals surface area contributed by atoms with E-state index in [-0.39, 0.29) is 16.5 Å². The van der Waals surface area contributed by atoms with E-state index in [1.807, 2.05) is 32.0 Å². The number of benzene rings is 2. The fraction of sp³-hybridized carbons (Fsp3) is 0.188. The van der Waals surface area contributed by atoms with Crippen LogP contribution in [0.1, 0.15) is 11.1 Å². The van der Waals surface area contributed by atoms with Crippen LogP contribution in [0.3, 0.4) is 0 Å². The Morgan fingerprint density at radius 1 is 1.09 bits per heavy atom. The molecule has 0 saturated carbocycles. The maximum atomic E-state index is 12.1. The van der Waals surface area contributed by atoms with Gasteiger partial charge in [0.15, 0.2) is 0 Å². The average molecular weight is 353 g/mol. The van der Waals surface area contributed by atoms with Crippen LogP contribution in [0.4, 0.5) is 5.69 Å². The van der Waals surface area contributed by atoms with E-state index in [9.17, 15) is 13.2 Å². The molecule has 122 valence electrons. The van der Waals surface area contributed by atoms with Crippen molar-refractivity contribution >= 4 is 33.2 Å². The molecule has 1 amide bonds.